The van der Waals surface area contributed by atoms with Gasteiger partial charge in [-0.3, -0.25) is 4.79 Å². The second-order valence-corrected chi connectivity index (χ2v) is 5.25. The van der Waals surface area contributed by atoms with E-state index in [1.807, 2.05) is 72.8 Å². The van der Waals surface area contributed by atoms with Crippen LogP contribution in [0.3, 0.4) is 0 Å². The van der Waals surface area contributed by atoms with Gasteiger partial charge in [0, 0.05) is 11.1 Å². The van der Waals surface area contributed by atoms with E-state index in [4.69, 9.17) is 5.73 Å². The lowest BCUT2D eigenvalue weighted by molar-refractivity contribution is 0.103. The summed E-state index contributed by atoms with van der Waals surface area (Å²) < 4.78 is 0. The van der Waals surface area contributed by atoms with Crippen molar-refractivity contribution in [1.29, 1.82) is 0 Å². The molecule has 112 valence electrons. The lowest BCUT2D eigenvalue weighted by Gasteiger charge is -2.08. The molecule has 0 aliphatic heterocycles. The molecule has 0 aliphatic rings. The maximum absolute atomic E-state index is 12.6. The Morgan fingerprint density at radius 2 is 1.39 bits per heavy atom. The number of anilines is 1. The first-order valence-electron chi connectivity index (χ1n) is 7.47. The monoisotopic (exact) mass is 299 g/mol. The highest BCUT2D eigenvalue weighted by Gasteiger charge is 2.13. The summed E-state index contributed by atoms with van der Waals surface area (Å²) in [6.45, 7) is 0. The predicted octanol–water partition coefficient (Wildman–Crippen LogP) is 4.67. The molecule has 2 N–H and O–H groups in total. The zero-order valence-electron chi connectivity index (χ0n) is 12.6. The third kappa shape index (κ3) is 3.38. The smallest absolute Gasteiger partial charge is 0.195 e. The van der Waals surface area contributed by atoms with E-state index in [0.717, 1.165) is 11.1 Å². The van der Waals surface area contributed by atoms with Crippen molar-refractivity contribution in [1.82, 2.24) is 0 Å². The molecule has 0 amide bonds. The number of carbonyl (C=O) groups is 1. The maximum Gasteiger partial charge on any atom is 0.195 e. The molecule has 3 rings (SSSR count). The van der Waals surface area contributed by atoms with Gasteiger partial charge in [0.15, 0.2) is 5.78 Å². The van der Waals surface area contributed by atoms with Crippen LogP contribution >= 0.6 is 0 Å². The molecule has 0 saturated heterocycles. The Balaban J connectivity index is 1.93. The van der Waals surface area contributed by atoms with Crippen LogP contribution in [0.25, 0.3) is 12.2 Å². The molecule has 0 heterocycles. The fraction of sp³-hybridized carbons (Fsp3) is 0. The summed E-state index contributed by atoms with van der Waals surface area (Å²) in [5, 5.41) is 0. The number of rotatable bonds is 4. The highest BCUT2D eigenvalue weighted by Crippen LogP contribution is 2.22. The Labute approximate surface area is 135 Å². The first-order chi connectivity index (χ1) is 11.3. The Hall–Kier alpha value is -3.13. The van der Waals surface area contributed by atoms with Crippen LogP contribution in [0.5, 0.6) is 0 Å². The number of para-hydroxylation sites is 1. The summed E-state index contributed by atoms with van der Waals surface area (Å²) >= 11 is 0. The number of ketones is 1. The molecule has 3 aromatic carbocycles. The molecule has 0 bridgehead atoms. The van der Waals surface area contributed by atoms with E-state index in [1.54, 1.807) is 18.2 Å². The zero-order valence-corrected chi connectivity index (χ0v) is 12.6. The molecular formula is C21H17NO. The Bertz CT molecular complexity index is 836. The van der Waals surface area contributed by atoms with Gasteiger partial charge in [-0.25, -0.2) is 0 Å². The predicted molar refractivity (Wildman–Crippen MR) is 96.1 cm³/mol. The van der Waals surface area contributed by atoms with E-state index in [2.05, 4.69) is 0 Å². The van der Waals surface area contributed by atoms with Gasteiger partial charge in [-0.1, -0.05) is 84.9 Å². The third-order valence-electron chi connectivity index (χ3n) is 3.68. The minimum absolute atomic E-state index is 0.0574. The van der Waals surface area contributed by atoms with Crippen molar-refractivity contribution >= 4 is 23.6 Å². The zero-order chi connectivity index (χ0) is 16.1. The van der Waals surface area contributed by atoms with Crippen molar-refractivity contribution in [3.05, 3.63) is 101 Å². The van der Waals surface area contributed by atoms with Gasteiger partial charge >= 0.3 is 0 Å². The van der Waals surface area contributed by atoms with Crippen LogP contribution in [0.4, 0.5) is 5.69 Å². The second kappa shape index (κ2) is 6.75. The normalized spacial score (nSPS) is 10.8. The Morgan fingerprint density at radius 3 is 2.09 bits per heavy atom. The lowest BCUT2D eigenvalue weighted by atomic mass is 9.98. The van der Waals surface area contributed by atoms with E-state index in [1.165, 1.54) is 0 Å². The molecule has 0 radical (unpaired) electrons. The van der Waals surface area contributed by atoms with Crippen LogP contribution in [-0.4, -0.2) is 5.78 Å². The van der Waals surface area contributed by atoms with Crippen LogP contribution in [0.15, 0.2) is 78.9 Å². The second-order valence-electron chi connectivity index (χ2n) is 5.25. The molecular weight excluding hydrogens is 282 g/mol. The van der Waals surface area contributed by atoms with Crippen LogP contribution in [0.1, 0.15) is 27.0 Å². The van der Waals surface area contributed by atoms with Crippen molar-refractivity contribution in [2.45, 2.75) is 0 Å². The third-order valence-corrected chi connectivity index (χ3v) is 3.68. The molecule has 0 atom stereocenters. The average Bonchev–Trinajstić information content (AvgIpc) is 2.62. The molecule has 23 heavy (non-hydrogen) atoms. The van der Waals surface area contributed by atoms with Crippen molar-refractivity contribution in [2.75, 3.05) is 5.73 Å². The van der Waals surface area contributed by atoms with Crippen molar-refractivity contribution in [3.8, 4) is 0 Å². The summed E-state index contributed by atoms with van der Waals surface area (Å²) in [5.41, 5.74) is 9.83. The summed E-state index contributed by atoms with van der Waals surface area (Å²) in [6, 6.07) is 24.7. The molecule has 0 saturated carbocycles. The summed E-state index contributed by atoms with van der Waals surface area (Å²) in [7, 11) is 0. The quantitative estimate of drug-likeness (QED) is 0.432. The van der Waals surface area contributed by atoms with Crippen molar-refractivity contribution < 1.29 is 4.79 Å². The largest absolute Gasteiger partial charge is 0.398 e. The average molecular weight is 299 g/mol. The Kier molecular flexibility index (Phi) is 4.34. The molecule has 0 aromatic heterocycles. The topological polar surface area (TPSA) is 43.1 Å². The van der Waals surface area contributed by atoms with Crippen molar-refractivity contribution in [3.63, 3.8) is 0 Å². The minimum Gasteiger partial charge on any atom is -0.398 e. The number of nitrogen functional groups attached to an aromatic ring is 1. The maximum atomic E-state index is 12.6. The number of hydrogen-bond donors (Lipinski definition) is 1. The van der Waals surface area contributed by atoms with E-state index in [0.29, 0.717) is 16.8 Å². The van der Waals surface area contributed by atoms with E-state index < -0.39 is 0 Å². The highest BCUT2D eigenvalue weighted by atomic mass is 16.1. The van der Waals surface area contributed by atoms with Crippen LogP contribution in [-0.2, 0) is 0 Å². The number of hydrogen-bond acceptors (Lipinski definition) is 2. The number of benzene rings is 3. The van der Waals surface area contributed by atoms with E-state index >= 15 is 0 Å². The molecule has 2 heteroatoms. The van der Waals surface area contributed by atoms with E-state index in [9.17, 15) is 4.79 Å². The van der Waals surface area contributed by atoms with Gasteiger partial charge in [-0.15, -0.1) is 0 Å². The first-order valence-corrected chi connectivity index (χ1v) is 7.47. The SMILES string of the molecule is Nc1c(C=Cc2ccccc2)cccc1C(=O)c1ccccc1. The molecule has 2 nitrogen and oxygen atoms in total. The van der Waals surface area contributed by atoms with Crippen LogP contribution in [0.2, 0.25) is 0 Å². The van der Waals surface area contributed by atoms with E-state index in [-0.39, 0.29) is 5.78 Å². The van der Waals surface area contributed by atoms with Gasteiger partial charge in [0.1, 0.15) is 0 Å². The van der Waals surface area contributed by atoms with Crippen LogP contribution < -0.4 is 5.73 Å². The Morgan fingerprint density at radius 1 is 0.739 bits per heavy atom. The standard InChI is InChI=1S/C21H17NO/c22-20-17(15-14-16-8-3-1-4-9-16)12-7-13-19(20)21(23)18-10-5-2-6-11-18/h1-15H,22H2. The van der Waals surface area contributed by atoms with Gasteiger partial charge in [0.2, 0.25) is 0 Å². The van der Waals surface area contributed by atoms with Crippen LogP contribution in [0, 0.1) is 0 Å². The summed E-state index contributed by atoms with van der Waals surface area (Å²) in [5.74, 6) is -0.0574. The minimum atomic E-state index is -0.0574. The highest BCUT2D eigenvalue weighted by molar-refractivity contribution is 6.12. The fourth-order valence-corrected chi connectivity index (χ4v) is 2.42. The fourth-order valence-electron chi connectivity index (χ4n) is 2.42. The molecule has 0 fully saturated rings. The summed E-state index contributed by atoms with van der Waals surface area (Å²) in [6.07, 6.45) is 3.93. The van der Waals surface area contributed by atoms with Crippen molar-refractivity contribution in [2.24, 2.45) is 0 Å². The lowest BCUT2D eigenvalue weighted by Crippen LogP contribution is -2.06. The molecule has 3 aromatic rings. The van der Waals surface area contributed by atoms with Gasteiger partial charge in [-0.05, 0) is 17.2 Å². The molecule has 0 spiro atoms. The van der Waals surface area contributed by atoms with Gasteiger partial charge in [0.25, 0.3) is 0 Å². The number of carbonyl (C=O) groups excluding carboxylic acids is 1. The van der Waals surface area contributed by atoms with Gasteiger partial charge < -0.3 is 5.73 Å². The number of nitrogens with two attached hydrogens (primary N) is 1. The first kappa shape index (κ1) is 14.8. The molecule has 0 aliphatic carbocycles. The molecule has 0 unspecified atom stereocenters. The summed E-state index contributed by atoms with van der Waals surface area (Å²) in [4.78, 5) is 12.6. The van der Waals surface area contributed by atoms with Gasteiger partial charge in [-0.2, -0.15) is 0 Å². The van der Waals surface area contributed by atoms with Gasteiger partial charge in [0.05, 0.1) is 5.69 Å².